The van der Waals surface area contributed by atoms with Crippen LogP contribution in [0.25, 0.3) is 132 Å². The van der Waals surface area contributed by atoms with E-state index in [-0.39, 0.29) is 70.6 Å². The van der Waals surface area contributed by atoms with Gasteiger partial charge < -0.3 is 61.0 Å². The van der Waals surface area contributed by atoms with Gasteiger partial charge in [0, 0.05) is 166 Å². The van der Waals surface area contributed by atoms with Crippen molar-refractivity contribution in [3.63, 3.8) is 0 Å². The molecular weight excluding hydrogens is 1780 g/mol. The minimum absolute atomic E-state index is 0.0289. The van der Waals surface area contributed by atoms with E-state index in [2.05, 4.69) is 6.07 Å². The van der Waals surface area contributed by atoms with Crippen LogP contribution in [0.1, 0.15) is 86.2 Å². The van der Waals surface area contributed by atoms with E-state index in [4.69, 9.17) is 14.2 Å². The number of nitrogens with zero attached hydrogens (tertiary/aromatic N) is 9. The van der Waals surface area contributed by atoms with Crippen LogP contribution < -0.4 is 22.2 Å². The highest BCUT2D eigenvalue weighted by atomic mass is 19.1. The van der Waals surface area contributed by atoms with Crippen LogP contribution in [-0.2, 0) is 97.6 Å². The average molecular weight is 1890 g/mol. The summed E-state index contributed by atoms with van der Waals surface area (Å²) in [6.07, 6.45) is 0.994. The molecule has 24 heteroatoms. The molecule has 1 saturated heterocycles. The summed E-state index contributed by atoms with van der Waals surface area (Å²) in [5, 5.41) is 37.6. The summed E-state index contributed by atoms with van der Waals surface area (Å²) in [5.41, 5.74) is 21.6. The van der Waals surface area contributed by atoms with E-state index in [1.54, 1.807) is 85.9 Å². The summed E-state index contributed by atoms with van der Waals surface area (Å²) >= 11 is 0. The summed E-state index contributed by atoms with van der Waals surface area (Å²) in [7, 11) is 9.21. The third-order valence-electron chi connectivity index (χ3n) is 26.4. The predicted molar refractivity (Wildman–Crippen MR) is 549 cm³/mol. The summed E-state index contributed by atoms with van der Waals surface area (Å²) < 4.78 is 82.7. The number of aliphatic hydroxyl groups is 2. The van der Waals surface area contributed by atoms with Crippen LogP contribution in [0.2, 0.25) is 0 Å². The van der Waals surface area contributed by atoms with Crippen molar-refractivity contribution in [1.82, 2.24) is 36.5 Å². The number of para-hydroxylation sites is 4. The first kappa shape index (κ1) is 96.4. The predicted octanol–water partition coefficient (Wildman–Crippen LogP) is 21.9. The molecule has 0 aliphatic carbocycles. The zero-order chi connectivity index (χ0) is 99.3. The average Bonchev–Trinajstić information content (AvgIpc) is 1.57. The van der Waals surface area contributed by atoms with Crippen LogP contribution in [0.5, 0.6) is 0 Å². The number of aromatic nitrogens is 8. The molecule has 20 nitrogen and oxygen atoms in total. The van der Waals surface area contributed by atoms with Gasteiger partial charge in [0.15, 0.2) is 6.10 Å². The molecule has 2 N–H and O–H groups in total. The fourth-order valence-electron chi connectivity index (χ4n) is 19.2. The molecule has 710 valence electrons. The van der Waals surface area contributed by atoms with E-state index >= 15 is 0 Å². The number of benzene rings is 12. The maximum Gasteiger partial charge on any atom is 0.340 e. The second-order valence-electron chi connectivity index (χ2n) is 35.5. The van der Waals surface area contributed by atoms with Crippen molar-refractivity contribution >= 4 is 99.2 Å². The second kappa shape index (κ2) is 41.5. The summed E-state index contributed by atoms with van der Waals surface area (Å²) in [5.74, 6) is -2.49. The molecule has 0 amide bonds. The van der Waals surface area contributed by atoms with Gasteiger partial charge in [0.1, 0.15) is 45.3 Å². The molecule has 141 heavy (non-hydrogen) atoms. The zero-order valence-electron chi connectivity index (χ0n) is 79.7. The second-order valence-corrected chi connectivity index (χ2v) is 35.5. The zero-order valence-corrected chi connectivity index (χ0v) is 79.7. The quantitative estimate of drug-likeness (QED) is 0.0603. The summed E-state index contributed by atoms with van der Waals surface area (Å²) in [4.78, 5) is 79.7. The number of carbonyl (C=O) groups is 2. The Morgan fingerprint density at radius 3 is 0.922 bits per heavy atom. The van der Waals surface area contributed by atoms with Crippen molar-refractivity contribution in [2.24, 2.45) is 28.2 Å². The van der Waals surface area contributed by atoms with Gasteiger partial charge in [-0.1, -0.05) is 241 Å². The van der Waals surface area contributed by atoms with E-state index in [0.29, 0.717) is 76.3 Å². The van der Waals surface area contributed by atoms with E-state index in [1.165, 1.54) is 84.7 Å². The number of nitriles is 1. The van der Waals surface area contributed by atoms with E-state index in [1.807, 2.05) is 240 Å². The third kappa shape index (κ3) is 19.1. The highest BCUT2D eigenvalue weighted by Crippen LogP contribution is 2.45. The molecule has 0 spiro atoms. The molecule has 0 bridgehead atoms. The van der Waals surface area contributed by atoms with E-state index < -0.39 is 18.0 Å². The SMILES string of the molecule is C1CCOC1.COC(=O)C(O)c1c(-c2ccc(C)cc2)c2c3ccccc3n(Cc3ccc(F)cc3)c2c(=O)n1C.COC(=O)Cc1c(-c2ccc(C)cc2)c2c3ccccc3n(Cc3ccc(F)cc3)c2c(=O)n1C.Cc1ccc(-c2c(CC#N)n(C)c(=O)c3c2c2ccccc2n3Cc2ccc(F)cc2)cc1.Cc1ccc(-c2c(CO)n(C)c(=O)c3c2c2ccccc2n3Cc2ccc(F)cc2)cc1. The number of hydrogen-bond acceptors (Lipinski definition) is 12. The number of hydrogen-bond donors (Lipinski definition) is 2. The van der Waals surface area contributed by atoms with Gasteiger partial charge in [-0.2, -0.15) is 5.26 Å². The highest BCUT2D eigenvalue weighted by molar-refractivity contribution is 6.19. The van der Waals surface area contributed by atoms with Crippen molar-refractivity contribution in [2.75, 3.05) is 27.4 Å². The van der Waals surface area contributed by atoms with Gasteiger partial charge in [0.25, 0.3) is 22.2 Å². The number of rotatable bonds is 18. The van der Waals surface area contributed by atoms with E-state index in [9.17, 15) is 61.8 Å². The van der Waals surface area contributed by atoms with Gasteiger partial charge in [0.2, 0.25) is 0 Å². The first-order chi connectivity index (χ1) is 68.2. The molecule has 1 unspecified atom stereocenters. The Kier molecular flexibility index (Phi) is 28.4. The molecule has 21 rings (SSSR count). The van der Waals surface area contributed by atoms with Crippen LogP contribution in [-0.4, -0.2) is 86.1 Å². The van der Waals surface area contributed by atoms with Crippen LogP contribution >= 0.6 is 0 Å². The van der Waals surface area contributed by atoms with Crippen LogP contribution in [0.4, 0.5) is 17.6 Å². The normalized spacial score (nSPS) is 12.0. The van der Waals surface area contributed by atoms with Crippen LogP contribution in [0.3, 0.4) is 0 Å². The lowest BCUT2D eigenvalue weighted by molar-refractivity contribution is -0.151. The molecule has 1 atom stereocenters. The molecule has 1 fully saturated rings. The summed E-state index contributed by atoms with van der Waals surface area (Å²) in [6.45, 7) is 11.4. The number of esters is 2. The third-order valence-corrected chi connectivity index (χ3v) is 26.4. The van der Waals surface area contributed by atoms with Crippen molar-refractivity contribution in [3.8, 4) is 50.6 Å². The largest absolute Gasteiger partial charge is 0.469 e. The monoisotopic (exact) mass is 1890 g/mol. The lowest BCUT2D eigenvalue weighted by Gasteiger charge is -2.20. The lowest BCUT2D eigenvalue weighted by atomic mass is 9.94. The Bertz CT molecular complexity index is 8470. The van der Waals surface area contributed by atoms with Gasteiger partial charge >= 0.3 is 11.9 Å². The number of fused-ring (bicyclic) bond motifs is 12. The number of aliphatic hydroxyl groups excluding tert-OH is 2. The van der Waals surface area contributed by atoms with Gasteiger partial charge in [0.05, 0.1) is 51.1 Å². The molecule has 1 aliphatic rings. The number of methoxy groups -OCH3 is 2. The Balaban J connectivity index is 0.000000127. The maximum atomic E-state index is 13.9. The lowest BCUT2D eigenvalue weighted by Crippen LogP contribution is -2.28. The number of ether oxygens (including phenoxy) is 3. The fourth-order valence-corrected chi connectivity index (χ4v) is 19.2. The molecule has 1 aliphatic heterocycles. The van der Waals surface area contributed by atoms with Gasteiger partial charge in [-0.3, -0.25) is 24.0 Å². The smallest absolute Gasteiger partial charge is 0.340 e. The molecule has 0 radical (unpaired) electrons. The minimum Gasteiger partial charge on any atom is -0.469 e. The first-order valence-corrected chi connectivity index (χ1v) is 46.4. The Morgan fingerprint density at radius 1 is 0.369 bits per heavy atom. The van der Waals surface area contributed by atoms with Crippen molar-refractivity contribution < 1.29 is 51.6 Å². The number of carbonyl (C=O) groups excluding carboxylic acids is 2. The molecule has 12 aromatic carbocycles. The fraction of sp³-hybridized carbons (Fsp3) is 0.188. The van der Waals surface area contributed by atoms with Crippen LogP contribution in [0, 0.1) is 62.3 Å². The molecule has 8 aromatic heterocycles. The van der Waals surface area contributed by atoms with Gasteiger partial charge in [-0.25, -0.2) is 22.4 Å². The Hall–Kier alpha value is -16.3. The topological polar surface area (TPSA) is 234 Å². The van der Waals surface area contributed by atoms with Gasteiger partial charge in [-0.05, 0) is 158 Å². The maximum absolute atomic E-state index is 13.9. The van der Waals surface area contributed by atoms with E-state index in [0.717, 1.165) is 156 Å². The minimum atomic E-state index is -1.66. The molecule has 9 heterocycles. The molecular formula is C117H103F4N9O11. The number of halogens is 4. The highest BCUT2D eigenvalue weighted by Gasteiger charge is 2.33. The molecule has 0 saturated carbocycles. The molecule has 20 aromatic rings. The van der Waals surface area contributed by atoms with Crippen molar-refractivity contribution in [1.29, 1.82) is 5.26 Å². The first-order valence-electron chi connectivity index (χ1n) is 46.4. The standard InChI is InChI=1S/C29H25FN2O4.C29H25FN2O3.C28H22FN3O.C27H23FN2O2.C4H8O/c1-17-8-12-19(13-9-17)23-24-21-6-4-5-7-22(21)32(16-18-10-14-20(30)15-11-18)26(24)28(34)31(2)25(23)27(33)29(35)36-3;1-18-8-12-20(13-9-18)26-24(16-25(33)35-3)31(2)29(34)28-27(26)22-6-4-5-7-23(22)32(28)17-19-10-14-21(30)15-11-19;1-18-7-11-20(12-8-18)25-24(15-16-30)31(2)28(33)27-26(25)22-5-3-4-6-23(22)32(27)17-19-9-13-21(29)14-10-19;1-17-7-11-19(12-8-17)24-23(16-31)29(2)27(32)26-25(24)21-5-3-4-6-22(21)30(26)15-18-9-13-20(28)14-10-18;1-2-4-5-3-1/h4-15,27,33H,16H2,1-3H3;4-15H,16-17H2,1-3H3;3-14H,15,17H2,1-2H3;3-14,31H,15-16H2,1-2H3;1-4H2. The van der Waals surface area contributed by atoms with Gasteiger partial charge in [-0.15, -0.1) is 0 Å². The van der Waals surface area contributed by atoms with Crippen molar-refractivity contribution in [2.45, 2.75) is 92.3 Å². The van der Waals surface area contributed by atoms with Crippen LogP contribution in [0.15, 0.2) is 310 Å². The Morgan fingerprint density at radius 2 is 0.638 bits per heavy atom. The summed E-state index contributed by atoms with van der Waals surface area (Å²) in [6, 6.07) is 90.8. The van der Waals surface area contributed by atoms with Crippen molar-refractivity contribution in [3.05, 3.63) is 423 Å². The number of aryl methyl sites for hydroxylation is 4. The number of pyridine rings is 4. The Labute approximate surface area is 809 Å².